The van der Waals surface area contributed by atoms with Crippen molar-refractivity contribution in [3.63, 3.8) is 0 Å². The van der Waals surface area contributed by atoms with Gasteiger partial charge in [-0.05, 0) is 55.0 Å². The molecule has 0 amide bonds. The molecule has 0 fully saturated rings. The molecule has 0 saturated carbocycles. The zero-order valence-electron chi connectivity index (χ0n) is 17.1. The fourth-order valence-electron chi connectivity index (χ4n) is 3.83. The fourth-order valence-corrected chi connectivity index (χ4v) is 3.95. The van der Waals surface area contributed by atoms with Gasteiger partial charge in [-0.15, -0.1) is 0 Å². The zero-order chi connectivity index (χ0) is 21.5. The first-order valence-corrected chi connectivity index (χ1v) is 10.4. The third kappa shape index (κ3) is 3.45. The van der Waals surface area contributed by atoms with Crippen molar-refractivity contribution >= 4 is 39.2 Å². The Morgan fingerprint density at radius 1 is 1.00 bits per heavy atom. The number of anilines is 1. The minimum atomic E-state index is -0.140. The molecule has 0 atom stereocenters. The summed E-state index contributed by atoms with van der Waals surface area (Å²) in [6, 6.07) is 17.0. The van der Waals surface area contributed by atoms with Gasteiger partial charge in [-0.1, -0.05) is 23.7 Å². The van der Waals surface area contributed by atoms with Gasteiger partial charge in [0.1, 0.15) is 5.82 Å². The highest BCUT2D eigenvalue weighted by Gasteiger charge is 2.16. The fraction of sp³-hybridized carbons (Fsp3) is 0.125. The van der Waals surface area contributed by atoms with Gasteiger partial charge in [0.25, 0.3) is 5.56 Å². The molecular formula is C24H20ClN5O. The number of hydrogen-bond acceptors (Lipinski definition) is 4. The van der Waals surface area contributed by atoms with E-state index in [1.807, 2.05) is 68.8 Å². The lowest BCUT2D eigenvalue weighted by molar-refractivity contribution is 0.780. The van der Waals surface area contributed by atoms with Crippen molar-refractivity contribution < 1.29 is 0 Å². The average Bonchev–Trinajstić information content (AvgIpc) is 3.14. The topological polar surface area (TPSA) is 64.7 Å². The Morgan fingerprint density at radius 2 is 1.81 bits per heavy atom. The number of benzene rings is 2. The molecule has 0 spiro atoms. The molecule has 5 aromatic rings. The average molecular weight is 430 g/mol. The molecule has 0 unspecified atom stereocenters. The second kappa shape index (κ2) is 7.56. The molecule has 0 aliphatic heterocycles. The van der Waals surface area contributed by atoms with E-state index in [2.05, 4.69) is 10.4 Å². The molecule has 7 heteroatoms. The van der Waals surface area contributed by atoms with Gasteiger partial charge in [-0.2, -0.15) is 5.10 Å². The highest BCUT2D eigenvalue weighted by molar-refractivity contribution is 6.30. The first-order valence-electron chi connectivity index (χ1n) is 10.0. The van der Waals surface area contributed by atoms with Crippen LogP contribution in [0.3, 0.4) is 0 Å². The molecule has 31 heavy (non-hydrogen) atoms. The van der Waals surface area contributed by atoms with Crippen LogP contribution in [0.1, 0.15) is 6.92 Å². The summed E-state index contributed by atoms with van der Waals surface area (Å²) in [6.45, 7) is 2.76. The van der Waals surface area contributed by atoms with E-state index in [0.717, 1.165) is 39.9 Å². The van der Waals surface area contributed by atoms with Crippen molar-refractivity contribution in [1.82, 2.24) is 19.3 Å². The quantitative estimate of drug-likeness (QED) is 0.435. The summed E-state index contributed by atoms with van der Waals surface area (Å²) in [5.41, 5.74) is 3.49. The second-order valence-electron chi connectivity index (χ2n) is 7.40. The summed E-state index contributed by atoms with van der Waals surface area (Å²) in [4.78, 5) is 18.5. The molecule has 0 aliphatic rings. The van der Waals surface area contributed by atoms with Gasteiger partial charge in [0.05, 0.1) is 16.6 Å². The molecule has 0 saturated heterocycles. The molecule has 5 rings (SSSR count). The van der Waals surface area contributed by atoms with Crippen LogP contribution in [0.15, 0.2) is 71.8 Å². The number of pyridine rings is 2. The number of fused-ring (bicyclic) bond motifs is 2. The van der Waals surface area contributed by atoms with Crippen molar-refractivity contribution in [3.8, 4) is 16.8 Å². The third-order valence-corrected chi connectivity index (χ3v) is 5.49. The molecule has 0 radical (unpaired) electrons. The maximum absolute atomic E-state index is 13.7. The van der Waals surface area contributed by atoms with E-state index in [1.54, 1.807) is 21.4 Å². The maximum Gasteiger partial charge on any atom is 0.265 e. The lowest BCUT2D eigenvalue weighted by Crippen LogP contribution is -2.20. The summed E-state index contributed by atoms with van der Waals surface area (Å²) < 4.78 is 3.44. The minimum absolute atomic E-state index is 0.140. The molecule has 154 valence electrons. The second-order valence-corrected chi connectivity index (χ2v) is 7.83. The first kappa shape index (κ1) is 19.3. The van der Waals surface area contributed by atoms with Crippen LogP contribution in [0, 0.1) is 0 Å². The molecule has 6 nitrogen and oxygen atoms in total. The van der Waals surface area contributed by atoms with Crippen LogP contribution < -0.4 is 10.9 Å². The van der Waals surface area contributed by atoms with Gasteiger partial charge in [-0.3, -0.25) is 14.0 Å². The summed E-state index contributed by atoms with van der Waals surface area (Å²) in [5, 5.41) is 10.1. The number of halogens is 1. The van der Waals surface area contributed by atoms with E-state index in [0.29, 0.717) is 16.1 Å². The van der Waals surface area contributed by atoms with Crippen LogP contribution in [0.4, 0.5) is 5.82 Å². The van der Waals surface area contributed by atoms with Crippen molar-refractivity contribution in [2.75, 3.05) is 11.9 Å². The molecule has 0 aliphatic carbocycles. The first-order chi connectivity index (χ1) is 15.0. The molecule has 2 aromatic carbocycles. The molecule has 1 N–H and O–H groups in total. The molecular weight excluding hydrogens is 410 g/mol. The normalized spacial score (nSPS) is 11.3. The SMILES string of the molecule is CCNc1ccc2cn(-c3ccc4nn(C)cc4c3)c(=O)c(-c3ccc(Cl)cc3)c2n1. The van der Waals surface area contributed by atoms with Crippen LogP contribution in [-0.4, -0.2) is 25.9 Å². The van der Waals surface area contributed by atoms with E-state index in [9.17, 15) is 4.79 Å². The standard InChI is InChI=1S/C24H20ClN5O/c1-3-26-21-11-6-16-14-30(19-9-10-20-17(12-19)13-29(2)28-20)24(31)22(23(16)27-21)15-4-7-18(25)8-5-15/h4-14H,3H2,1-2H3,(H,26,27). The number of nitrogens with zero attached hydrogens (tertiary/aromatic N) is 4. The van der Waals surface area contributed by atoms with E-state index in [4.69, 9.17) is 16.6 Å². The van der Waals surface area contributed by atoms with Crippen LogP contribution >= 0.6 is 11.6 Å². The number of rotatable bonds is 4. The summed E-state index contributed by atoms with van der Waals surface area (Å²) in [7, 11) is 1.88. The number of aromatic nitrogens is 4. The van der Waals surface area contributed by atoms with Crippen molar-refractivity contribution in [2.24, 2.45) is 7.05 Å². The van der Waals surface area contributed by atoms with Crippen molar-refractivity contribution in [2.45, 2.75) is 6.92 Å². The molecule has 3 heterocycles. The van der Waals surface area contributed by atoms with Crippen molar-refractivity contribution in [1.29, 1.82) is 0 Å². The van der Waals surface area contributed by atoms with Crippen LogP contribution in [0.25, 0.3) is 38.6 Å². The Labute approximate surface area is 183 Å². The van der Waals surface area contributed by atoms with Gasteiger partial charge in [0.15, 0.2) is 0 Å². The summed E-state index contributed by atoms with van der Waals surface area (Å²) >= 11 is 6.09. The van der Waals surface area contributed by atoms with Crippen molar-refractivity contribution in [3.05, 3.63) is 82.4 Å². The van der Waals surface area contributed by atoms with Gasteiger partial charge in [0, 0.05) is 47.5 Å². The largest absolute Gasteiger partial charge is 0.370 e. The lowest BCUT2D eigenvalue weighted by atomic mass is 10.0. The highest BCUT2D eigenvalue weighted by atomic mass is 35.5. The summed E-state index contributed by atoms with van der Waals surface area (Å²) in [5.74, 6) is 0.735. The predicted molar refractivity (Wildman–Crippen MR) is 126 cm³/mol. The van der Waals surface area contributed by atoms with E-state index >= 15 is 0 Å². The van der Waals surface area contributed by atoms with E-state index < -0.39 is 0 Å². The van der Waals surface area contributed by atoms with Gasteiger partial charge in [-0.25, -0.2) is 4.98 Å². The lowest BCUT2D eigenvalue weighted by Gasteiger charge is -2.13. The number of nitrogens with one attached hydrogen (secondary N) is 1. The molecule has 0 bridgehead atoms. The third-order valence-electron chi connectivity index (χ3n) is 5.24. The highest BCUT2D eigenvalue weighted by Crippen LogP contribution is 2.28. The van der Waals surface area contributed by atoms with E-state index in [-0.39, 0.29) is 5.56 Å². The van der Waals surface area contributed by atoms with Gasteiger partial charge in [0.2, 0.25) is 0 Å². The Hall–Kier alpha value is -3.64. The Morgan fingerprint density at radius 3 is 2.58 bits per heavy atom. The minimum Gasteiger partial charge on any atom is -0.370 e. The van der Waals surface area contributed by atoms with E-state index in [1.165, 1.54) is 0 Å². The number of hydrogen-bond donors (Lipinski definition) is 1. The maximum atomic E-state index is 13.7. The van der Waals surface area contributed by atoms with Gasteiger partial charge < -0.3 is 5.32 Å². The Bertz CT molecular complexity index is 1480. The van der Waals surface area contributed by atoms with Crippen LogP contribution in [-0.2, 0) is 7.05 Å². The predicted octanol–water partition coefficient (Wildman–Crippen LogP) is 5.02. The smallest absolute Gasteiger partial charge is 0.265 e. The zero-order valence-corrected chi connectivity index (χ0v) is 17.9. The Kier molecular flexibility index (Phi) is 4.71. The monoisotopic (exact) mass is 429 g/mol. The van der Waals surface area contributed by atoms with Crippen LogP contribution in [0.5, 0.6) is 0 Å². The van der Waals surface area contributed by atoms with Gasteiger partial charge >= 0.3 is 0 Å². The molecule has 3 aromatic heterocycles. The van der Waals surface area contributed by atoms with Crippen LogP contribution in [0.2, 0.25) is 5.02 Å². The Balaban J connectivity index is 1.81. The summed E-state index contributed by atoms with van der Waals surface area (Å²) in [6.07, 6.45) is 3.78. The number of aryl methyl sites for hydroxylation is 1.